The predicted molar refractivity (Wildman–Crippen MR) is 67.6 cm³/mol. The quantitative estimate of drug-likeness (QED) is 0.826. The second-order valence-corrected chi connectivity index (χ2v) is 3.79. The maximum atomic E-state index is 6.16. The summed E-state index contributed by atoms with van der Waals surface area (Å²) in [6.07, 6.45) is -0.0685. The molecule has 0 heterocycles. The fraction of sp³-hybridized carbons (Fsp3) is 0.538. The van der Waals surface area contributed by atoms with Crippen LogP contribution in [0.4, 0.5) is 0 Å². The molecule has 0 aliphatic rings. The van der Waals surface area contributed by atoms with Crippen molar-refractivity contribution in [1.82, 2.24) is 0 Å². The Morgan fingerprint density at radius 3 is 2.47 bits per heavy atom. The molecule has 0 fully saturated rings. The van der Waals surface area contributed by atoms with Gasteiger partial charge < -0.3 is 19.9 Å². The first-order chi connectivity index (χ1) is 8.13. The normalized spacial score (nSPS) is 14.2. The molecule has 0 aliphatic heterocycles. The first kappa shape index (κ1) is 13.8. The average Bonchev–Trinajstić information content (AvgIpc) is 2.37. The van der Waals surface area contributed by atoms with E-state index in [1.807, 2.05) is 32.0 Å². The topological polar surface area (TPSA) is 53.7 Å². The van der Waals surface area contributed by atoms with Gasteiger partial charge in [0.05, 0.1) is 26.4 Å². The summed E-state index contributed by atoms with van der Waals surface area (Å²) in [5, 5.41) is 0. The number of methoxy groups -OCH3 is 2. The molecule has 1 rings (SSSR count). The second kappa shape index (κ2) is 6.47. The van der Waals surface area contributed by atoms with Crippen molar-refractivity contribution in [2.75, 3.05) is 20.8 Å². The minimum atomic E-state index is -0.236. The van der Waals surface area contributed by atoms with Gasteiger partial charge in [0.1, 0.15) is 11.5 Å². The Balaban J connectivity index is 3.00. The maximum absolute atomic E-state index is 6.16. The summed E-state index contributed by atoms with van der Waals surface area (Å²) in [6.45, 7) is 4.54. The maximum Gasteiger partial charge on any atom is 0.123 e. The minimum absolute atomic E-state index is 0.0685. The predicted octanol–water partition coefficient (Wildman–Crippen LogP) is 2.13. The van der Waals surface area contributed by atoms with E-state index >= 15 is 0 Å². The monoisotopic (exact) mass is 239 g/mol. The van der Waals surface area contributed by atoms with Gasteiger partial charge in [0.25, 0.3) is 0 Å². The molecule has 0 saturated heterocycles. The highest BCUT2D eigenvalue weighted by molar-refractivity contribution is 5.42. The molecule has 0 aliphatic carbocycles. The zero-order chi connectivity index (χ0) is 12.8. The van der Waals surface area contributed by atoms with E-state index in [1.54, 1.807) is 14.2 Å². The third-order valence-corrected chi connectivity index (χ3v) is 2.73. The van der Waals surface area contributed by atoms with Gasteiger partial charge in [0, 0.05) is 12.2 Å². The molecular formula is C13H21NO3. The molecular weight excluding hydrogens is 218 g/mol. The number of benzene rings is 1. The highest BCUT2D eigenvalue weighted by Gasteiger charge is 2.19. The Kier molecular flexibility index (Phi) is 5.25. The second-order valence-electron chi connectivity index (χ2n) is 3.79. The lowest BCUT2D eigenvalue weighted by Crippen LogP contribution is -2.26. The van der Waals surface area contributed by atoms with Crippen molar-refractivity contribution in [1.29, 1.82) is 0 Å². The molecule has 17 heavy (non-hydrogen) atoms. The summed E-state index contributed by atoms with van der Waals surface area (Å²) in [5.74, 6) is 1.52. The summed E-state index contributed by atoms with van der Waals surface area (Å²) in [7, 11) is 3.26. The van der Waals surface area contributed by atoms with Gasteiger partial charge in [-0.05, 0) is 32.0 Å². The largest absolute Gasteiger partial charge is 0.497 e. The third-order valence-electron chi connectivity index (χ3n) is 2.73. The lowest BCUT2D eigenvalue weighted by molar-refractivity contribution is 0.0568. The molecule has 0 bridgehead atoms. The molecule has 0 radical (unpaired) electrons. The van der Waals surface area contributed by atoms with Crippen LogP contribution in [-0.4, -0.2) is 26.9 Å². The van der Waals surface area contributed by atoms with E-state index in [2.05, 4.69) is 0 Å². The van der Waals surface area contributed by atoms with Gasteiger partial charge in [-0.25, -0.2) is 0 Å². The molecule has 2 N–H and O–H groups in total. The van der Waals surface area contributed by atoms with Crippen molar-refractivity contribution in [3.05, 3.63) is 23.8 Å². The minimum Gasteiger partial charge on any atom is -0.497 e. The van der Waals surface area contributed by atoms with E-state index in [4.69, 9.17) is 19.9 Å². The van der Waals surface area contributed by atoms with Crippen LogP contribution in [-0.2, 0) is 4.74 Å². The number of hydrogen-bond acceptors (Lipinski definition) is 4. The van der Waals surface area contributed by atoms with Crippen LogP contribution in [0.5, 0.6) is 11.5 Å². The van der Waals surface area contributed by atoms with Gasteiger partial charge in [-0.3, -0.25) is 0 Å². The van der Waals surface area contributed by atoms with Crippen LogP contribution in [0.1, 0.15) is 25.5 Å². The van der Waals surface area contributed by atoms with Crippen LogP contribution < -0.4 is 15.2 Å². The van der Waals surface area contributed by atoms with E-state index in [1.165, 1.54) is 0 Å². The SMILES string of the molecule is CCOC(C)C(N)c1cc(OC)ccc1OC. The van der Waals surface area contributed by atoms with Gasteiger partial charge in [-0.1, -0.05) is 0 Å². The van der Waals surface area contributed by atoms with Crippen molar-refractivity contribution in [3.8, 4) is 11.5 Å². The fourth-order valence-corrected chi connectivity index (χ4v) is 1.72. The van der Waals surface area contributed by atoms with Gasteiger partial charge >= 0.3 is 0 Å². The summed E-state index contributed by atoms with van der Waals surface area (Å²) < 4.78 is 16.0. The smallest absolute Gasteiger partial charge is 0.123 e. The molecule has 2 unspecified atom stereocenters. The van der Waals surface area contributed by atoms with Crippen molar-refractivity contribution >= 4 is 0 Å². The molecule has 0 amide bonds. The highest BCUT2D eigenvalue weighted by atomic mass is 16.5. The molecule has 4 nitrogen and oxygen atoms in total. The van der Waals surface area contributed by atoms with Gasteiger partial charge in [0.2, 0.25) is 0 Å². The molecule has 4 heteroatoms. The summed E-state index contributed by atoms with van der Waals surface area (Å²) in [5.41, 5.74) is 7.06. The summed E-state index contributed by atoms with van der Waals surface area (Å²) in [4.78, 5) is 0. The Morgan fingerprint density at radius 2 is 1.94 bits per heavy atom. The number of rotatable bonds is 6. The Morgan fingerprint density at radius 1 is 1.24 bits per heavy atom. The van der Waals surface area contributed by atoms with Crippen LogP contribution >= 0.6 is 0 Å². The standard InChI is InChI=1S/C13H21NO3/c1-5-17-9(2)13(14)11-8-10(15-3)6-7-12(11)16-4/h6-9,13H,5,14H2,1-4H3. The van der Waals surface area contributed by atoms with E-state index in [0.29, 0.717) is 6.61 Å². The number of nitrogens with two attached hydrogens (primary N) is 1. The van der Waals surface area contributed by atoms with Crippen molar-refractivity contribution in [3.63, 3.8) is 0 Å². The summed E-state index contributed by atoms with van der Waals surface area (Å²) >= 11 is 0. The van der Waals surface area contributed by atoms with Crippen LogP contribution in [0.2, 0.25) is 0 Å². The molecule has 1 aromatic rings. The average molecular weight is 239 g/mol. The molecule has 96 valence electrons. The van der Waals surface area contributed by atoms with Crippen molar-refractivity contribution < 1.29 is 14.2 Å². The molecule has 1 aromatic carbocycles. The lowest BCUT2D eigenvalue weighted by atomic mass is 10.0. The van der Waals surface area contributed by atoms with E-state index in [0.717, 1.165) is 17.1 Å². The Bertz CT molecular complexity index is 355. The van der Waals surface area contributed by atoms with Gasteiger partial charge in [-0.2, -0.15) is 0 Å². The molecule has 0 spiro atoms. The zero-order valence-corrected chi connectivity index (χ0v) is 10.9. The van der Waals surface area contributed by atoms with Crippen molar-refractivity contribution in [2.45, 2.75) is 26.0 Å². The Labute approximate surface area is 103 Å². The van der Waals surface area contributed by atoms with Gasteiger partial charge in [-0.15, -0.1) is 0 Å². The lowest BCUT2D eigenvalue weighted by Gasteiger charge is -2.22. The molecule has 0 saturated carbocycles. The number of ether oxygens (including phenoxy) is 3. The zero-order valence-electron chi connectivity index (χ0n) is 10.9. The van der Waals surface area contributed by atoms with Crippen molar-refractivity contribution in [2.24, 2.45) is 5.73 Å². The first-order valence-electron chi connectivity index (χ1n) is 5.73. The Hall–Kier alpha value is -1.26. The fourth-order valence-electron chi connectivity index (χ4n) is 1.72. The van der Waals surface area contributed by atoms with Crippen LogP contribution in [0.25, 0.3) is 0 Å². The summed E-state index contributed by atoms with van der Waals surface area (Å²) in [6, 6.07) is 5.35. The highest BCUT2D eigenvalue weighted by Crippen LogP contribution is 2.30. The molecule has 0 aromatic heterocycles. The van der Waals surface area contributed by atoms with Crippen LogP contribution in [0.15, 0.2) is 18.2 Å². The van der Waals surface area contributed by atoms with E-state index < -0.39 is 0 Å². The van der Waals surface area contributed by atoms with Gasteiger partial charge in [0.15, 0.2) is 0 Å². The number of hydrogen-bond donors (Lipinski definition) is 1. The first-order valence-corrected chi connectivity index (χ1v) is 5.73. The third kappa shape index (κ3) is 3.35. The van der Waals surface area contributed by atoms with E-state index in [9.17, 15) is 0 Å². The van der Waals surface area contributed by atoms with Crippen LogP contribution in [0.3, 0.4) is 0 Å². The molecule has 2 atom stereocenters. The van der Waals surface area contributed by atoms with Crippen LogP contribution in [0, 0.1) is 0 Å². The van der Waals surface area contributed by atoms with E-state index in [-0.39, 0.29) is 12.1 Å².